The molecule has 2 saturated heterocycles. The Bertz CT molecular complexity index is 1030. The molecule has 0 unspecified atom stereocenters. The predicted octanol–water partition coefficient (Wildman–Crippen LogP) is 2.41. The average Bonchev–Trinajstić information content (AvgIpc) is 2.98. The van der Waals surface area contributed by atoms with Gasteiger partial charge in [0, 0.05) is 51.1 Å². The molecule has 2 aliphatic rings. The number of benzene rings is 2. The fourth-order valence-electron chi connectivity index (χ4n) is 4.48. The minimum absolute atomic E-state index is 0.0738. The first-order valence-electron chi connectivity index (χ1n) is 10.2. The molecular formula is C23H24ClN3O4. The van der Waals surface area contributed by atoms with Crippen LogP contribution in [0.3, 0.4) is 0 Å². The second-order valence-corrected chi connectivity index (χ2v) is 8.44. The zero-order chi connectivity index (χ0) is 22.2. The molecule has 0 spiro atoms. The van der Waals surface area contributed by atoms with Gasteiger partial charge in [-0.05, 0) is 23.8 Å². The van der Waals surface area contributed by atoms with E-state index in [9.17, 15) is 19.5 Å². The largest absolute Gasteiger partial charge is 0.506 e. The van der Waals surface area contributed by atoms with Crippen molar-refractivity contribution in [1.82, 2.24) is 9.80 Å². The minimum atomic E-state index is -1.28. The average molecular weight is 442 g/mol. The van der Waals surface area contributed by atoms with Gasteiger partial charge in [0.1, 0.15) is 5.75 Å². The lowest BCUT2D eigenvalue weighted by Gasteiger charge is -2.38. The number of phenols is 1. The second kappa shape index (κ2) is 8.23. The van der Waals surface area contributed by atoms with E-state index in [0.717, 1.165) is 10.6 Å². The van der Waals surface area contributed by atoms with Gasteiger partial charge in [0.15, 0.2) is 0 Å². The van der Waals surface area contributed by atoms with E-state index in [4.69, 9.17) is 11.6 Å². The molecule has 2 fully saturated rings. The number of anilines is 1. The van der Waals surface area contributed by atoms with E-state index in [-0.39, 0.29) is 30.4 Å². The Kier molecular flexibility index (Phi) is 5.62. The summed E-state index contributed by atoms with van der Waals surface area (Å²) in [5.41, 5.74) is -0.0308. The molecule has 0 radical (unpaired) electrons. The number of phenolic OH excluding ortho intramolecular Hbond substituents is 1. The Morgan fingerprint density at radius 1 is 1.03 bits per heavy atom. The topological polar surface area (TPSA) is 81.2 Å². The summed E-state index contributed by atoms with van der Waals surface area (Å²) in [6.45, 7) is 2.05. The SMILES string of the molecule is CN1C(=O)C[C@@](CC(=O)N2CCN(c3ccccc3O)CC2)(c2ccccc2Cl)C1=O. The number of carbonyl (C=O) groups is 3. The number of para-hydroxylation sites is 2. The Hall–Kier alpha value is -3.06. The zero-order valence-corrected chi connectivity index (χ0v) is 18.0. The lowest BCUT2D eigenvalue weighted by molar-refractivity contribution is -0.141. The number of hydrogen-bond acceptors (Lipinski definition) is 5. The molecule has 2 aromatic rings. The Labute approximate surface area is 185 Å². The van der Waals surface area contributed by atoms with Gasteiger partial charge >= 0.3 is 0 Å². The maximum Gasteiger partial charge on any atom is 0.240 e. The van der Waals surface area contributed by atoms with Gasteiger partial charge in [-0.2, -0.15) is 0 Å². The number of hydrogen-bond donors (Lipinski definition) is 1. The van der Waals surface area contributed by atoms with Crippen LogP contribution >= 0.6 is 11.6 Å². The molecule has 2 aliphatic heterocycles. The van der Waals surface area contributed by atoms with Gasteiger partial charge in [-0.15, -0.1) is 0 Å². The molecule has 8 heteroatoms. The summed E-state index contributed by atoms with van der Waals surface area (Å²) in [5, 5.41) is 10.5. The first-order valence-corrected chi connectivity index (χ1v) is 10.6. The number of likely N-dealkylation sites (tertiary alicyclic amines) is 1. The summed E-state index contributed by atoms with van der Waals surface area (Å²) in [7, 11) is 1.44. The van der Waals surface area contributed by atoms with Crippen molar-refractivity contribution in [3.8, 4) is 5.75 Å². The number of aromatic hydroxyl groups is 1. The highest BCUT2D eigenvalue weighted by Crippen LogP contribution is 2.42. The third-order valence-corrected chi connectivity index (χ3v) is 6.57. The first-order chi connectivity index (χ1) is 14.8. The van der Waals surface area contributed by atoms with Crippen LogP contribution in [0, 0.1) is 0 Å². The summed E-state index contributed by atoms with van der Waals surface area (Å²) in [6, 6.07) is 14.0. The van der Waals surface area contributed by atoms with E-state index >= 15 is 0 Å². The maximum absolute atomic E-state index is 13.2. The summed E-state index contributed by atoms with van der Waals surface area (Å²) < 4.78 is 0. The van der Waals surface area contributed by atoms with Crippen LogP contribution in [0.25, 0.3) is 0 Å². The van der Waals surface area contributed by atoms with Crippen LogP contribution in [0.5, 0.6) is 5.75 Å². The second-order valence-electron chi connectivity index (χ2n) is 8.03. The molecule has 1 atom stereocenters. The molecule has 4 rings (SSSR count). The van der Waals surface area contributed by atoms with Gasteiger partial charge in [-0.1, -0.05) is 41.9 Å². The lowest BCUT2D eigenvalue weighted by Crippen LogP contribution is -2.51. The van der Waals surface area contributed by atoms with Crippen LogP contribution in [-0.2, 0) is 19.8 Å². The fourth-order valence-corrected chi connectivity index (χ4v) is 4.79. The van der Waals surface area contributed by atoms with Gasteiger partial charge in [-0.25, -0.2) is 0 Å². The number of piperazine rings is 1. The first kappa shape index (κ1) is 21.2. The molecule has 2 heterocycles. The summed E-state index contributed by atoms with van der Waals surface area (Å²) >= 11 is 6.39. The van der Waals surface area contributed by atoms with E-state index < -0.39 is 11.3 Å². The van der Waals surface area contributed by atoms with Gasteiger partial charge in [-0.3, -0.25) is 19.3 Å². The van der Waals surface area contributed by atoms with Crippen LogP contribution in [0.1, 0.15) is 18.4 Å². The number of rotatable bonds is 4. The zero-order valence-electron chi connectivity index (χ0n) is 17.3. The number of likely N-dealkylation sites (N-methyl/N-ethyl adjacent to an activating group) is 1. The van der Waals surface area contributed by atoms with Crippen LogP contribution in [0.2, 0.25) is 5.02 Å². The van der Waals surface area contributed by atoms with E-state index in [1.165, 1.54) is 7.05 Å². The van der Waals surface area contributed by atoms with Crippen molar-refractivity contribution in [3.05, 3.63) is 59.1 Å². The number of carbonyl (C=O) groups excluding carboxylic acids is 3. The Balaban J connectivity index is 1.53. The molecule has 1 N–H and O–H groups in total. The third-order valence-electron chi connectivity index (χ3n) is 6.24. The van der Waals surface area contributed by atoms with Crippen LogP contribution in [-0.4, -0.2) is 65.9 Å². The van der Waals surface area contributed by atoms with Gasteiger partial charge in [0.2, 0.25) is 17.7 Å². The third kappa shape index (κ3) is 3.74. The highest BCUT2D eigenvalue weighted by molar-refractivity contribution is 6.32. The Morgan fingerprint density at radius 3 is 2.29 bits per heavy atom. The molecule has 0 saturated carbocycles. The van der Waals surface area contributed by atoms with Crippen molar-refractivity contribution in [2.24, 2.45) is 0 Å². The minimum Gasteiger partial charge on any atom is -0.506 e. The van der Waals surface area contributed by atoms with Gasteiger partial charge in [0.25, 0.3) is 0 Å². The normalized spacial score (nSPS) is 21.7. The quantitative estimate of drug-likeness (QED) is 0.737. The molecule has 7 nitrogen and oxygen atoms in total. The monoisotopic (exact) mass is 441 g/mol. The van der Waals surface area contributed by atoms with Crippen molar-refractivity contribution in [1.29, 1.82) is 0 Å². The molecular weight excluding hydrogens is 418 g/mol. The van der Waals surface area contributed by atoms with E-state index in [1.807, 2.05) is 17.0 Å². The smallest absolute Gasteiger partial charge is 0.240 e. The standard InChI is InChI=1S/C23H24ClN3O4/c1-25-20(29)14-23(22(25)31,16-6-2-3-7-17(16)24)15-21(30)27-12-10-26(11-13-27)18-8-4-5-9-19(18)28/h2-9,28H,10-15H2,1H3/t23-/m1/s1. The highest BCUT2D eigenvalue weighted by atomic mass is 35.5. The molecule has 0 bridgehead atoms. The summed E-state index contributed by atoms with van der Waals surface area (Å²) in [4.78, 5) is 43.6. The van der Waals surface area contributed by atoms with Crippen LogP contribution in [0.15, 0.2) is 48.5 Å². The Morgan fingerprint density at radius 2 is 1.68 bits per heavy atom. The van der Waals surface area contributed by atoms with Crippen molar-refractivity contribution in [2.75, 3.05) is 38.1 Å². The molecule has 162 valence electrons. The van der Waals surface area contributed by atoms with E-state index in [2.05, 4.69) is 0 Å². The summed E-state index contributed by atoms with van der Waals surface area (Å²) in [5.74, 6) is -0.694. The number of imide groups is 1. The highest BCUT2D eigenvalue weighted by Gasteiger charge is 2.53. The fraction of sp³-hybridized carbons (Fsp3) is 0.348. The molecule has 2 aromatic carbocycles. The lowest BCUT2D eigenvalue weighted by atomic mass is 9.75. The predicted molar refractivity (Wildman–Crippen MR) is 117 cm³/mol. The van der Waals surface area contributed by atoms with Crippen molar-refractivity contribution in [2.45, 2.75) is 18.3 Å². The van der Waals surface area contributed by atoms with Crippen LogP contribution < -0.4 is 4.90 Å². The van der Waals surface area contributed by atoms with Gasteiger partial charge in [0.05, 0.1) is 11.1 Å². The van der Waals surface area contributed by atoms with E-state index in [0.29, 0.717) is 36.8 Å². The molecule has 3 amide bonds. The molecule has 0 aromatic heterocycles. The van der Waals surface area contributed by atoms with Crippen LogP contribution in [0.4, 0.5) is 5.69 Å². The van der Waals surface area contributed by atoms with Crippen molar-refractivity contribution in [3.63, 3.8) is 0 Å². The maximum atomic E-state index is 13.2. The molecule has 0 aliphatic carbocycles. The number of amides is 3. The molecule has 31 heavy (non-hydrogen) atoms. The summed E-state index contributed by atoms with van der Waals surface area (Å²) in [6.07, 6.45) is -0.183. The van der Waals surface area contributed by atoms with Gasteiger partial charge < -0.3 is 14.9 Å². The number of halogens is 1. The van der Waals surface area contributed by atoms with Crippen molar-refractivity contribution >= 4 is 35.0 Å². The number of nitrogens with zero attached hydrogens (tertiary/aromatic N) is 3. The van der Waals surface area contributed by atoms with E-state index in [1.54, 1.807) is 41.3 Å². The van der Waals surface area contributed by atoms with Crippen molar-refractivity contribution < 1.29 is 19.5 Å².